The van der Waals surface area contributed by atoms with E-state index in [2.05, 4.69) is 11.9 Å². The molecule has 1 N–H and O–H groups in total. The smallest absolute Gasteiger partial charge is 0.348 e. The molecule has 1 aromatic rings. The average molecular weight is 326 g/mol. The summed E-state index contributed by atoms with van der Waals surface area (Å²) in [5.74, 6) is -0.943. The van der Waals surface area contributed by atoms with Gasteiger partial charge in [-0.2, -0.15) is 13.2 Å². The zero-order chi connectivity index (χ0) is 17.0. The summed E-state index contributed by atoms with van der Waals surface area (Å²) in [6.07, 6.45) is -2.06. The minimum absolute atomic E-state index is 0.208. The van der Waals surface area contributed by atoms with Gasteiger partial charge in [0.2, 0.25) is 5.91 Å². The first-order valence-electron chi connectivity index (χ1n) is 7.17. The molecular formula is C16H17F3N2O2. The van der Waals surface area contributed by atoms with E-state index < -0.39 is 18.6 Å². The summed E-state index contributed by atoms with van der Waals surface area (Å²) in [5.41, 5.74) is 0.950. The van der Waals surface area contributed by atoms with Crippen molar-refractivity contribution in [2.75, 3.05) is 6.54 Å². The lowest BCUT2D eigenvalue weighted by atomic mass is 10.1. The monoisotopic (exact) mass is 326 g/mol. The summed E-state index contributed by atoms with van der Waals surface area (Å²) in [6.45, 7) is 2.36. The average Bonchev–Trinajstić information content (AvgIpc) is 3.34. The van der Waals surface area contributed by atoms with E-state index >= 15 is 0 Å². The lowest BCUT2D eigenvalue weighted by Crippen LogP contribution is -2.40. The fraction of sp³-hybridized carbons (Fsp3) is 0.375. The molecule has 1 aromatic carbocycles. The van der Waals surface area contributed by atoms with E-state index in [1.54, 1.807) is 12.1 Å². The van der Waals surface area contributed by atoms with Gasteiger partial charge in [-0.25, -0.2) is 0 Å². The second-order valence-electron chi connectivity index (χ2n) is 5.40. The third-order valence-electron chi connectivity index (χ3n) is 3.45. The Balaban J connectivity index is 2.03. The van der Waals surface area contributed by atoms with E-state index in [-0.39, 0.29) is 24.1 Å². The lowest BCUT2D eigenvalue weighted by molar-refractivity contribution is -0.141. The first kappa shape index (κ1) is 17.1. The van der Waals surface area contributed by atoms with Crippen molar-refractivity contribution in [1.29, 1.82) is 0 Å². The topological polar surface area (TPSA) is 49.4 Å². The van der Waals surface area contributed by atoms with Crippen LogP contribution in [0.1, 0.15) is 28.8 Å². The van der Waals surface area contributed by atoms with Crippen LogP contribution in [0, 0.1) is 0 Å². The molecule has 1 fully saturated rings. The Hall–Kier alpha value is -2.31. The highest BCUT2D eigenvalue weighted by Gasteiger charge is 2.40. The Morgan fingerprint density at radius 3 is 2.35 bits per heavy atom. The van der Waals surface area contributed by atoms with Crippen molar-refractivity contribution in [3.63, 3.8) is 0 Å². The van der Waals surface area contributed by atoms with Crippen molar-refractivity contribution in [2.24, 2.45) is 0 Å². The fourth-order valence-electron chi connectivity index (χ4n) is 2.14. The van der Waals surface area contributed by atoms with Crippen molar-refractivity contribution in [3.05, 3.63) is 48.0 Å². The zero-order valence-corrected chi connectivity index (χ0v) is 12.4. The van der Waals surface area contributed by atoms with Gasteiger partial charge in [0.05, 0.1) is 0 Å². The van der Waals surface area contributed by atoms with Crippen LogP contribution < -0.4 is 5.32 Å². The van der Waals surface area contributed by atoms with Gasteiger partial charge in [0, 0.05) is 18.2 Å². The van der Waals surface area contributed by atoms with Crippen LogP contribution in [0.25, 0.3) is 0 Å². The molecule has 4 nitrogen and oxygen atoms in total. The first-order chi connectivity index (χ1) is 10.8. The number of rotatable bonds is 6. The Morgan fingerprint density at radius 1 is 1.26 bits per heavy atom. The molecule has 1 aliphatic rings. The second-order valence-corrected chi connectivity index (χ2v) is 5.40. The van der Waals surface area contributed by atoms with E-state index in [1.165, 1.54) is 12.1 Å². The van der Waals surface area contributed by atoms with Crippen LogP contribution in [0.4, 0.5) is 13.2 Å². The number of amides is 2. The van der Waals surface area contributed by atoms with Crippen LogP contribution in [0.2, 0.25) is 0 Å². The Labute approximate surface area is 132 Å². The number of hydrogen-bond donors (Lipinski definition) is 1. The maximum atomic E-state index is 12.6. The Bertz CT molecular complexity index is 592. The van der Waals surface area contributed by atoms with Crippen molar-refractivity contribution >= 4 is 11.8 Å². The Morgan fingerprint density at radius 2 is 1.87 bits per heavy atom. The summed E-state index contributed by atoms with van der Waals surface area (Å²) < 4.78 is 37.8. The van der Waals surface area contributed by atoms with Crippen molar-refractivity contribution in [3.8, 4) is 0 Å². The van der Waals surface area contributed by atoms with Gasteiger partial charge in [0.15, 0.2) is 0 Å². The highest BCUT2D eigenvalue weighted by molar-refractivity contribution is 5.94. The maximum Gasteiger partial charge on any atom is 0.406 e. The molecule has 1 aliphatic carbocycles. The molecule has 0 heterocycles. The van der Waals surface area contributed by atoms with Crippen molar-refractivity contribution < 1.29 is 22.8 Å². The molecule has 1 saturated carbocycles. The van der Waals surface area contributed by atoms with E-state index in [1.807, 2.05) is 0 Å². The molecular weight excluding hydrogens is 309 g/mol. The molecule has 0 atom stereocenters. The molecule has 2 rings (SSSR count). The van der Waals surface area contributed by atoms with Gasteiger partial charge in [0.1, 0.15) is 6.54 Å². The summed E-state index contributed by atoms with van der Waals surface area (Å²) in [5, 5.41) is 2.58. The molecule has 0 radical (unpaired) electrons. The van der Waals surface area contributed by atoms with E-state index in [0.717, 1.165) is 16.5 Å². The number of hydrogen-bond acceptors (Lipinski definition) is 2. The molecule has 0 spiro atoms. The number of carbonyl (C=O) groups is 2. The van der Waals surface area contributed by atoms with Crippen LogP contribution in [0.15, 0.2) is 36.9 Å². The summed E-state index contributed by atoms with van der Waals surface area (Å²) in [7, 11) is 0. The first-order valence-corrected chi connectivity index (χ1v) is 7.17. The van der Waals surface area contributed by atoms with Gasteiger partial charge in [-0.1, -0.05) is 18.7 Å². The SMILES string of the molecule is C=CC(=O)NCc1ccc(C(=O)N(CC(F)(F)F)C2CC2)cc1. The summed E-state index contributed by atoms with van der Waals surface area (Å²) in [6, 6.07) is 5.84. The molecule has 23 heavy (non-hydrogen) atoms. The number of benzene rings is 1. The Kier molecular flexibility index (Phi) is 5.08. The van der Waals surface area contributed by atoms with Crippen LogP contribution in [-0.2, 0) is 11.3 Å². The molecule has 0 unspecified atom stereocenters. The minimum Gasteiger partial charge on any atom is -0.348 e. The summed E-state index contributed by atoms with van der Waals surface area (Å²) in [4.78, 5) is 24.2. The van der Waals surface area contributed by atoms with Crippen LogP contribution in [0.3, 0.4) is 0 Å². The number of nitrogens with zero attached hydrogens (tertiary/aromatic N) is 1. The molecule has 0 aliphatic heterocycles. The largest absolute Gasteiger partial charge is 0.406 e. The number of nitrogens with one attached hydrogen (secondary N) is 1. The van der Waals surface area contributed by atoms with Crippen molar-refractivity contribution in [1.82, 2.24) is 10.2 Å². The quantitative estimate of drug-likeness (QED) is 0.817. The van der Waals surface area contributed by atoms with Crippen LogP contribution >= 0.6 is 0 Å². The van der Waals surface area contributed by atoms with Gasteiger partial charge in [-0.05, 0) is 36.6 Å². The summed E-state index contributed by atoms with van der Waals surface area (Å²) >= 11 is 0. The van der Waals surface area contributed by atoms with Gasteiger partial charge >= 0.3 is 6.18 Å². The molecule has 124 valence electrons. The third-order valence-corrected chi connectivity index (χ3v) is 3.45. The molecule has 0 bridgehead atoms. The van der Waals surface area contributed by atoms with E-state index in [9.17, 15) is 22.8 Å². The molecule has 0 saturated heterocycles. The van der Waals surface area contributed by atoms with Gasteiger partial charge in [-0.3, -0.25) is 9.59 Å². The highest BCUT2D eigenvalue weighted by Crippen LogP contribution is 2.31. The van der Waals surface area contributed by atoms with E-state index in [0.29, 0.717) is 12.8 Å². The zero-order valence-electron chi connectivity index (χ0n) is 12.4. The highest BCUT2D eigenvalue weighted by atomic mass is 19.4. The second kappa shape index (κ2) is 6.85. The number of carbonyl (C=O) groups excluding carboxylic acids is 2. The van der Waals surface area contributed by atoms with Crippen LogP contribution in [0.5, 0.6) is 0 Å². The number of alkyl halides is 3. The standard InChI is InChI=1S/C16H17F3N2O2/c1-2-14(22)20-9-11-3-5-12(6-4-11)15(23)21(13-7-8-13)10-16(17,18)19/h2-6,13H,1,7-10H2,(H,20,22). The predicted octanol–water partition coefficient (Wildman–Crippen LogP) is 2.66. The maximum absolute atomic E-state index is 12.6. The minimum atomic E-state index is -4.41. The van der Waals surface area contributed by atoms with Gasteiger partial charge in [0.25, 0.3) is 5.91 Å². The molecule has 2 amide bonds. The fourth-order valence-corrected chi connectivity index (χ4v) is 2.14. The third kappa shape index (κ3) is 5.12. The molecule has 0 aromatic heterocycles. The predicted molar refractivity (Wildman–Crippen MR) is 78.6 cm³/mol. The number of halogens is 3. The van der Waals surface area contributed by atoms with Crippen molar-refractivity contribution in [2.45, 2.75) is 31.6 Å². The van der Waals surface area contributed by atoms with E-state index in [4.69, 9.17) is 0 Å². The normalized spacial score (nSPS) is 14.2. The molecule has 7 heteroatoms. The van der Waals surface area contributed by atoms with Gasteiger partial charge < -0.3 is 10.2 Å². The van der Waals surface area contributed by atoms with Crippen LogP contribution in [-0.4, -0.2) is 35.5 Å². The lowest BCUT2D eigenvalue weighted by Gasteiger charge is -2.23. The van der Waals surface area contributed by atoms with Gasteiger partial charge in [-0.15, -0.1) is 0 Å².